The second kappa shape index (κ2) is 8.86. The van der Waals surface area contributed by atoms with Crippen LogP contribution in [0.2, 0.25) is 0 Å². The lowest BCUT2D eigenvalue weighted by Crippen LogP contribution is -2.56. The maximum Gasteiger partial charge on any atom is 0.336 e. The van der Waals surface area contributed by atoms with Crippen LogP contribution in [0, 0.1) is 0 Å². The lowest BCUT2D eigenvalue weighted by molar-refractivity contribution is -0.187. The first-order valence-corrected chi connectivity index (χ1v) is 7.04. The van der Waals surface area contributed by atoms with Crippen LogP contribution in [0.15, 0.2) is 0 Å². The van der Waals surface area contributed by atoms with Gasteiger partial charge in [-0.1, -0.05) is 0 Å². The Hall–Kier alpha value is -2.32. The van der Waals surface area contributed by atoms with Crippen molar-refractivity contribution in [1.82, 2.24) is 0 Å². The largest absolute Gasteiger partial charge is 0.481 e. The number of rotatable bonds is 6. The van der Waals surface area contributed by atoms with E-state index in [2.05, 4.69) is 0 Å². The van der Waals surface area contributed by atoms with Crippen molar-refractivity contribution < 1.29 is 65.1 Å². The number of aliphatic hydroxyl groups is 5. The van der Waals surface area contributed by atoms with E-state index in [4.69, 9.17) is 40.9 Å². The molecule has 13 heteroatoms. The molecule has 0 heterocycles. The molecule has 0 aromatic heterocycles. The first-order chi connectivity index (χ1) is 11.6. The van der Waals surface area contributed by atoms with E-state index in [9.17, 15) is 24.3 Å². The number of aliphatic hydroxyl groups excluding tert-OH is 3. The minimum atomic E-state index is -2.74. The maximum absolute atomic E-state index is 10.5. The highest BCUT2D eigenvalue weighted by molar-refractivity contribution is 5.88. The highest BCUT2D eigenvalue weighted by Crippen LogP contribution is 2.29. The van der Waals surface area contributed by atoms with Crippen LogP contribution in [0.4, 0.5) is 0 Å². The molecular formula is C13H20O13. The van der Waals surface area contributed by atoms with Gasteiger partial charge in [-0.15, -0.1) is 0 Å². The molecule has 26 heavy (non-hydrogen) atoms. The first kappa shape index (κ1) is 23.7. The zero-order valence-electron chi connectivity index (χ0n) is 13.2. The quantitative estimate of drug-likeness (QED) is 0.215. The van der Waals surface area contributed by atoms with Gasteiger partial charge in [-0.25, -0.2) is 9.59 Å². The summed E-state index contributed by atoms with van der Waals surface area (Å²) in [6, 6.07) is 0. The number of hydrogen-bond acceptors (Lipinski definition) is 9. The van der Waals surface area contributed by atoms with Crippen LogP contribution in [-0.4, -0.2) is 99.3 Å². The fourth-order valence-electron chi connectivity index (χ4n) is 2.16. The van der Waals surface area contributed by atoms with Crippen molar-refractivity contribution in [1.29, 1.82) is 0 Å². The predicted octanol–water partition coefficient (Wildman–Crippen LogP) is -3.57. The average molecular weight is 384 g/mol. The second-order valence-electron chi connectivity index (χ2n) is 5.85. The second-order valence-corrected chi connectivity index (χ2v) is 5.85. The summed E-state index contributed by atoms with van der Waals surface area (Å²) < 4.78 is 0. The number of hydrogen-bond donors (Lipinski definition) is 9. The normalized spacial score (nSPS) is 28.4. The Labute approximate surface area is 145 Å². The van der Waals surface area contributed by atoms with Crippen LogP contribution in [0.1, 0.15) is 25.7 Å². The van der Waals surface area contributed by atoms with Crippen LogP contribution in [-0.2, 0) is 19.2 Å². The third-order valence-electron chi connectivity index (χ3n) is 3.57. The van der Waals surface area contributed by atoms with Crippen molar-refractivity contribution in [3.8, 4) is 0 Å². The monoisotopic (exact) mass is 384 g/mol. The van der Waals surface area contributed by atoms with Crippen LogP contribution in [0.25, 0.3) is 0 Å². The summed E-state index contributed by atoms with van der Waals surface area (Å²) >= 11 is 0. The van der Waals surface area contributed by atoms with E-state index in [1.807, 2.05) is 0 Å². The molecule has 1 saturated carbocycles. The summed E-state index contributed by atoms with van der Waals surface area (Å²) in [5, 5.41) is 79.0. The molecule has 0 aromatic carbocycles. The fraction of sp³-hybridized carbons (Fsp3) is 0.692. The smallest absolute Gasteiger partial charge is 0.336 e. The van der Waals surface area contributed by atoms with Gasteiger partial charge in [0.25, 0.3) is 0 Å². The maximum atomic E-state index is 10.5. The van der Waals surface area contributed by atoms with E-state index in [1.165, 1.54) is 0 Å². The molecule has 1 aliphatic carbocycles. The van der Waals surface area contributed by atoms with Gasteiger partial charge in [0.05, 0.1) is 25.0 Å². The summed E-state index contributed by atoms with van der Waals surface area (Å²) in [7, 11) is 0. The highest BCUT2D eigenvalue weighted by atomic mass is 16.4. The van der Waals surface area contributed by atoms with Gasteiger partial charge >= 0.3 is 23.9 Å². The molecule has 1 rings (SSSR count). The van der Waals surface area contributed by atoms with Crippen LogP contribution in [0.3, 0.4) is 0 Å². The van der Waals surface area contributed by atoms with Gasteiger partial charge in [-0.2, -0.15) is 0 Å². The van der Waals surface area contributed by atoms with E-state index in [1.54, 1.807) is 0 Å². The lowest BCUT2D eigenvalue weighted by atomic mass is 9.80. The van der Waals surface area contributed by atoms with Crippen molar-refractivity contribution in [3.63, 3.8) is 0 Å². The molecule has 1 fully saturated rings. The van der Waals surface area contributed by atoms with Gasteiger partial charge in [0.2, 0.25) is 0 Å². The van der Waals surface area contributed by atoms with Crippen LogP contribution >= 0.6 is 0 Å². The SMILES string of the molecule is O=C(O)C1(O)C[C@@H](O)C(O)[C@H](O)C1.O=C(O)CC(O)(CC(=O)O)C(=O)O. The highest BCUT2D eigenvalue weighted by Gasteiger charge is 2.48. The molecule has 9 N–H and O–H groups in total. The van der Waals surface area contributed by atoms with Gasteiger partial charge in [-0.05, 0) is 0 Å². The molecule has 1 aliphatic rings. The third kappa shape index (κ3) is 6.53. The predicted molar refractivity (Wildman–Crippen MR) is 76.9 cm³/mol. The van der Waals surface area contributed by atoms with Crippen molar-refractivity contribution in [2.45, 2.75) is 55.2 Å². The van der Waals surface area contributed by atoms with Crippen LogP contribution in [0.5, 0.6) is 0 Å². The Kier molecular flexibility index (Phi) is 8.07. The first-order valence-electron chi connectivity index (χ1n) is 7.04. The number of carboxylic acids is 4. The van der Waals surface area contributed by atoms with Crippen molar-refractivity contribution in [3.05, 3.63) is 0 Å². The molecule has 2 atom stereocenters. The van der Waals surface area contributed by atoms with Gasteiger partial charge in [-0.3, -0.25) is 9.59 Å². The van der Waals surface area contributed by atoms with E-state index >= 15 is 0 Å². The van der Waals surface area contributed by atoms with Gasteiger partial charge in [0.15, 0.2) is 11.2 Å². The standard InChI is InChI=1S/C7H12O6.C6H8O7/c8-3-1-7(13,6(11)12)2-4(9)5(3)10;7-3(8)1-6(13,5(11)12)2-4(9)10/h3-5,8-10,13H,1-2H2,(H,11,12);13H,1-2H2,(H,7,8)(H,9,10)(H,11,12)/t3-,4-,5?,7?;/m1./s1. The van der Waals surface area contributed by atoms with E-state index in [0.29, 0.717) is 0 Å². The molecule has 0 radical (unpaired) electrons. The molecular weight excluding hydrogens is 364 g/mol. The van der Waals surface area contributed by atoms with Gasteiger partial charge in [0.1, 0.15) is 6.10 Å². The average Bonchev–Trinajstić information content (AvgIpc) is 2.43. The third-order valence-corrected chi connectivity index (χ3v) is 3.57. The Morgan fingerprint density at radius 3 is 1.42 bits per heavy atom. The molecule has 0 amide bonds. The molecule has 13 nitrogen and oxygen atoms in total. The Balaban J connectivity index is 0.000000481. The Morgan fingerprint density at radius 1 is 0.846 bits per heavy atom. The van der Waals surface area contributed by atoms with Crippen molar-refractivity contribution >= 4 is 23.9 Å². The molecule has 0 bridgehead atoms. The Morgan fingerprint density at radius 2 is 1.19 bits per heavy atom. The molecule has 0 aliphatic heterocycles. The summed E-state index contributed by atoms with van der Waals surface area (Å²) in [6.45, 7) is 0. The van der Waals surface area contributed by atoms with E-state index in [0.717, 1.165) is 0 Å². The summed E-state index contributed by atoms with van der Waals surface area (Å²) in [6.07, 6.45) is -7.45. The molecule has 0 unspecified atom stereocenters. The lowest BCUT2D eigenvalue weighted by Gasteiger charge is -2.37. The van der Waals surface area contributed by atoms with Crippen LogP contribution < -0.4 is 0 Å². The van der Waals surface area contributed by atoms with Gasteiger partial charge < -0.3 is 46.0 Å². The number of aliphatic carboxylic acids is 4. The molecule has 0 spiro atoms. The zero-order chi connectivity index (χ0) is 20.9. The zero-order valence-corrected chi connectivity index (χ0v) is 13.2. The topological polar surface area (TPSA) is 250 Å². The Bertz CT molecular complexity index is 528. The summed E-state index contributed by atoms with van der Waals surface area (Å²) in [5.74, 6) is -6.52. The fourth-order valence-corrected chi connectivity index (χ4v) is 2.16. The summed E-state index contributed by atoms with van der Waals surface area (Å²) in [4.78, 5) is 41.0. The van der Waals surface area contributed by atoms with E-state index in [-0.39, 0.29) is 0 Å². The molecule has 0 aromatic rings. The van der Waals surface area contributed by atoms with Crippen molar-refractivity contribution in [2.75, 3.05) is 0 Å². The molecule has 0 saturated heterocycles. The minimum Gasteiger partial charge on any atom is -0.481 e. The minimum absolute atomic E-state index is 0.472. The number of carboxylic acid groups (broad SMARTS) is 4. The number of carbonyl (C=O) groups is 4. The van der Waals surface area contributed by atoms with Crippen molar-refractivity contribution in [2.24, 2.45) is 0 Å². The summed E-state index contributed by atoms with van der Waals surface area (Å²) in [5.41, 5.74) is -4.88. The van der Waals surface area contributed by atoms with Gasteiger partial charge in [0, 0.05) is 12.8 Å². The molecule has 150 valence electrons. The van der Waals surface area contributed by atoms with E-state index < -0.39 is 79.1 Å².